The Morgan fingerprint density at radius 2 is 2.08 bits per heavy atom. The zero-order valence-corrected chi connectivity index (χ0v) is 16.1. The Hall–Kier alpha value is -1.60. The first kappa shape index (κ1) is 20.7. The molecule has 1 aromatic heterocycles. The molecule has 1 aromatic carbocycles. The number of halogens is 2. The van der Waals surface area contributed by atoms with E-state index in [1.54, 1.807) is 23.0 Å². The fraction of sp³-hybridized carbons (Fsp3) is 0.444. The molecule has 0 unspecified atom stereocenters. The second-order valence-corrected chi connectivity index (χ2v) is 6.57. The summed E-state index contributed by atoms with van der Waals surface area (Å²) >= 11 is 6.01. The van der Waals surface area contributed by atoms with Crippen molar-refractivity contribution in [3.05, 3.63) is 47.2 Å². The van der Waals surface area contributed by atoms with Crippen LogP contribution in [0.15, 0.2) is 36.5 Å². The predicted molar refractivity (Wildman–Crippen MR) is 104 cm³/mol. The van der Waals surface area contributed by atoms with Crippen LogP contribution in [0.2, 0.25) is 5.02 Å². The number of piperidine rings is 1. The van der Waals surface area contributed by atoms with E-state index in [1.165, 1.54) is 0 Å². The van der Waals surface area contributed by atoms with Gasteiger partial charge in [-0.1, -0.05) is 17.7 Å². The van der Waals surface area contributed by atoms with Gasteiger partial charge in [0.05, 0.1) is 11.8 Å². The van der Waals surface area contributed by atoms with Crippen molar-refractivity contribution >= 4 is 29.9 Å². The van der Waals surface area contributed by atoms with Gasteiger partial charge in [-0.15, -0.1) is 12.4 Å². The molecular formula is C18H24Cl2N4O2. The maximum absolute atomic E-state index is 12.6. The minimum Gasteiger partial charge on any atom is -0.378 e. The van der Waals surface area contributed by atoms with E-state index in [4.69, 9.17) is 22.1 Å². The minimum absolute atomic E-state index is 0. The van der Waals surface area contributed by atoms with Gasteiger partial charge in [-0.2, -0.15) is 5.10 Å². The zero-order chi connectivity index (χ0) is 17.6. The van der Waals surface area contributed by atoms with Crippen molar-refractivity contribution in [2.45, 2.75) is 25.4 Å². The number of hydrogen-bond donors (Lipinski definition) is 1. The molecule has 2 N–H and O–H groups in total. The average molecular weight is 399 g/mol. The van der Waals surface area contributed by atoms with Crippen LogP contribution in [-0.2, 0) is 4.74 Å². The van der Waals surface area contributed by atoms with E-state index in [2.05, 4.69) is 5.10 Å². The number of benzene rings is 1. The van der Waals surface area contributed by atoms with E-state index in [1.807, 2.05) is 23.1 Å². The molecule has 8 heteroatoms. The molecule has 142 valence electrons. The quantitative estimate of drug-likeness (QED) is 0.759. The fourth-order valence-electron chi connectivity index (χ4n) is 2.92. The maximum Gasteiger partial charge on any atom is 0.274 e. The molecule has 1 aliphatic heterocycles. The maximum atomic E-state index is 12.6. The van der Waals surface area contributed by atoms with Gasteiger partial charge >= 0.3 is 0 Å². The van der Waals surface area contributed by atoms with Crippen LogP contribution >= 0.6 is 24.0 Å². The minimum atomic E-state index is -0.0406. The van der Waals surface area contributed by atoms with Crippen molar-refractivity contribution in [1.82, 2.24) is 14.7 Å². The third-order valence-electron chi connectivity index (χ3n) is 4.31. The Bertz CT molecular complexity index is 715. The Labute approximate surface area is 164 Å². The van der Waals surface area contributed by atoms with Gasteiger partial charge in [0.1, 0.15) is 0 Å². The van der Waals surface area contributed by atoms with Crippen molar-refractivity contribution in [3.8, 4) is 5.69 Å². The number of aromatic nitrogens is 2. The first-order valence-electron chi connectivity index (χ1n) is 8.60. The van der Waals surface area contributed by atoms with E-state index in [0.29, 0.717) is 37.0 Å². The molecule has 3 rings (SSSR count). The van der Waals surface area contributed by atoms with Crippen molar-refractivity contribution in [2.75, 3.05) is 26.2 Å². The Kier molecular flexibility index (Phi) is 7.90. The Morgan fingerprint density at radius 3 is 2.77 bits per heavy atom. The van der Waals surface area contributed by atoms with Crippen molar-refractivity contribution in [3.63, 3.8) is 0 Å². The van der Waals surface area contributed by atoms with Gasteiger partial charge in [-0.3, -0.25) is 4.79 Å². The van der Waals surface area contributed by atoms with Crippen LogP contribution in [0.5, 0.6) is 0 Å². The number of amides is 1. The summed E-state index contributed by atoms with van der Waals surface area (Å²) in [5, 5.41) is 5.03. The number of ether oxygens (including phenoxy) is 1. The molecule has 1 amide bonds. The molecule has 0 atom stereocenters. The van der Waals surface area contributed by atoms with E-state index in [9.17, 15) is 4.79 Å². The summed E-state index contributed by atoms with van der Waals surface area (Å²) in [6, 6.07) is 9.12. The standard InChI is InChI=1S/C18H23ClN4O2.ClH/c19-14-3-1-4-15(13-14)23-11-7-17(21-23)18(24)22-9-5-16(6-10-22)25-12-2-8-20;/h1,3-4,7,11,13,16H,2,5-6,8-10,12,20H2;1H. The summed E-state index contributed by atoms with van der Waals surface area (Å²) < 4.78 is 7.45. The first-order chi connectivity index (χ1) is 12.2. The number of carbonyl (C=O) groups excluding carboxylic acids is 1. The van der Waals surface area contributed by atoms with Crippen LogP contribution in [-0.4, -0.2) is 52.9 Å². The molecule has 0 spiro atoms. The normalized spacial score (nSPS) is 14.9. The van der Waals surface area contributed by atoms with Crippen LogP contribution in [0.25, 0.3) is 5.69 Å². The monoisotopic (exact) mass is 398 g/mol. The molecule has 26 heavy (non-hydrogen) atoms. The van der Waals surface area contributed by atoms with Crippen LogP contribution in [0.4, 0.5) is 0 Å². The highest BCUT2D eigenvalue weighted by atomic mass is 35.5. The van der Waals surface area contributed by atoms with Crippen LogP contribution in [0, 0.1) is 0 Å². The van der Waals surface area contributed by atoms with E-state index in [0.717, 1.165) is 24.9 Å². The van der Waals surface area contributed by atoms with Gasteiger partial charge < -0.3 is 15.4 Å². The molecule has 1 saturated heterocycles. The topological polar surface area (TPSA) is 73.4 Å². The third-order valence-corrected chi connectivity index (χ3v) is 4.55. The molecular weight excluding hydrogens is 375 g/mol. The largest absolute Gasteiger partial charge is 0.378 e. The number of carbonyl (C=O) groups is 1. The van der Waals surface area contributed by atoms with Gasteiger partial charge in [0.25, 0.3) is 5.91 Å². The lowest BCUT2D eigenvalue weighted by Gasteiger charge is -2.31. The smallest absolute Gasteiger partial charge is 0.274 e. The Balaban J connectivity index is 0.00000243. The summed E-state index contributed by atoms with van der Waals surface area (Å²) in [5.74, 6) is -0.0406. The molecule has 1 fully saturated rings. The highest BCUT2D eigenvalue weighted by Crippen LogP contribution is 2.18. The van der Waals surface area contributed by atoms with Crippen LogP contribution in [0.1, 0.15) is 29.8 Å². The summed E-state index contributed by atoms with van der Waals surface area (Å²) in [6.45, 7) is 2.72. The second-order valence-electron chi connectivity index (χ2n) is 6.13. The third kappa shape index (κ3) is 5.20. The molecule has 6 nitrogen and oxygen atoms in total. The van der Waals surface area contributed by atoms with Crippen molar-refractivity contribution < 1.29 is 9.53 Å². The summed E-state index contributed by atoms with van der Waals surface area (Å²) in [4.78, 5) is 14.5. The Morgan fingerprint density at radius 1 is 1.31 bits per heavy atom. The van der Waals surface area contributed by atoms with E-state index >= 15 is 0 Å². The number of nitrogens with zero attached hydrogens (tertiary/aromatic N) is 3. The first-order valence-corrected chi connectivity index (χ1v) is 8.98. The highest BCUT2D eigenvalue weighted by Gasteiger charge is 2.25. The molecule has 1 aliphatic rings. The molecule has 2 aromatic rings. The van der Waals surface area contributed by atoms with Gasteiger partial charge in [-0.25, -0.2) is 4.68 Å². The lowest BCUT2D eigenvalue weighted by atomic mass is 10.1. The lowest BCUT2D eigenvalue weighted by Crippen LogP contribution is -2.41. The second kappa shape index (κ2) is 9.92. The summed E-state index contributed by atoms with van der Waals surface area (Å²) in [7, 11) is 0. The van der Waals surface area contributed by atoms with Crippen LogP contribution in [0.3, 0.4) is 0 Å². The van der Waals surface area contributed by atoms with E-state index < -0.39 is 0 Å². The SMILES string of the molecule is Cl.NCCCOC1CCN(C(=O)c2ccn(-c3cccc(Cl)c3)n2)CC1. The lowest BCUT2D eigenvalue weighted by molar-refractivity contribution is 0.00828. The number of likely N-dealkylation sites (tertiary alicyclic amines) is 1. The van der Waals surface area contributed by atoms with Gasteiger partial charge in [0.15, 0.2) is 5.69 Å². The van der Waals surface area contributed by atoms with Crippen molar-refractivity contribution in [1.29, 1.82) is 0 Å². The predicted octanol–water partition coefficient (Wildman–Crippen LogP) is 2.92. The van der Waals surface area contributed by atoms with Gasteiger partial charge in [0, 0.05) is 30.9 Å². The molecule has 0 radical (unpaired) electrons. The zero-order valence-electron chi connectivity index (χ0n) is 14.5. The van der Waals surface area contributed by atoms with E-state index in [-0.39, 0.29) is 24.4 Å². The molecule has 2 heterocycles. The number of hydrogen-bond acceptors (Lipinski definition) is 4. The van der Waals surface area contributed by atoms with Crippen molar-refractivity contribution in [2.24, 2.45) is 5.73 Å². The highest BCUT2D eigenvalue weighted by molar-refractivity contribution is 6.30. The summed E-state index contributed by atoms with van der Waals surface area (Å²) in [5.41, 5.74) is 6.75. The molecule has 0 saturated carbocycles. The average Bonchev–Trinajstić information content (AvgIpc) is 3.12. The van der Waals surface area contributed by atoms with Gasteiger partial charge in [-0.05, 0) is 50.1 Å². The number of rotatable bonds is 6. The fourth-order valence-corrected chi connectivity index (χ4v) is 3.11. The summed E-state index contributed by atoms with van der Waals surface area (Å²) in [6.07, 6.45) is 4.58. The number of nitrogens with two attached hydrogens (primary N) is 1. The van der Waals surface area contributed by atoms with Crippen LogP contribution < -0.4 is 5.73 Å². The molecule has 0 bridgehead atoms. The van der Waals surface area contributed by atoms with Gasteiger partial charge in [0.2, 0.25) is 0 Å². The molecule has 0 aliphatic carbocycles.